The predicted molar refractivity (Wildman–Crippen MR) is 82.7 cm³/mol. The van der Waals surface area contributed by atoms with Crippen molar-refractivity contribution in [3.8, 4) is 0 Å². The summed E-state index contributed by atoms with van der Waals surface area (Å²) in [5, 5.41) is 0. The van der Waals surface area contributed by atoms with Crippen molar-refractivity contribution < 1.29 is 4.79 Å². The van der Waals surface area contributed by atoms with E-state index in [2.05, 4.69) is 34.9 Å². The van der Waals surface area contributed by atoms with E-state index in [1.807, 2.05) is 0 Å². The van der Waals surface area contributed by atoms with Crippen molar-refractivity contribution in [1.82, 2.24) is 4.90 Å². The lowest BCUT2D eigenvalue weighted by Gasteiger charge is -2.36. The normalized spacial score (nSPS) is 20.1. The Hall–Kier alpha value is -1.35. The highest BCUT2D eigenvalue weighted by molar-refractivity contribution is 5.99. The van der Waals surface area contributed by atoms with E-state index in [0.717, 1.165) is 51.0 Å². The molecule has 1 aromatic rings. The molecule has 0 aromatic heterocycles. The van der Waals surface area contributed by atoms with Gasteiger partial charge >= 0.3 is 0 Å². The minimum atomic E-state index is 0.331. The number of hydrogen-bond acceptors (Lipinski definition) is 3. The molecule has 3 rings (SSSR count). The first-order valence-electron chi connectivity index (χ1n) is 7.91. The van der Waals surface area contributed by atoms with E-state index in [1.54, 1.807) is 0 Å². The molecule has 1 aliphatic carbocycles. The van der Waals surface area contributed by atoms with Crippen molar-refractivity contribution in [3.63, 3.8) is 0 Å². The fourth-order valence-electron chi connectivity index (χ4n) is 3.36. The molecule has 0 radical (unpaired) electrons. The van der Waals surface area contributed by atoms with Crippen LogP contribution in [0, 0.1) is 0 Å². The Balaban J connectivity index is 1.72. The monoisotopic (exact) mass is 272 g/mol. The van der Waals surface area contributed by atoms with Gasteiger partial charge in [-0.05, 0) is 43.5 Å². The van der Waals surface area contributed by atoms with Crippen LogP contribution in [0.3, 0.4) is 0 Å². The lowest BCUT2D eigenvalue weighted by atomic mass is 9.90. The molecular weight excluding hydrogens is 248 g/mol. The van der Waals surface area contributed by atoms with Crippen molar-refractivity contribution in [2.24, 2.45) is 0 Å². The molecule has 1 aromatic carbocycles. The van der Waals surface area contributed by atoms with Crippen molar-refractivity contribution in [3.05, 3.63) is 29.3 Å². The number of piperazine rings is 1. The Morgan fingerprint density at radius 2 is 1.90 bits per heavy atom. The van der Waals surface area contributed by atoms with E-state index in [9.17, 15) is 4.79 Å². The average Bonchev–Trinajstić information content (AvgIpc) is 2.49. The maximum atomic E-state index is 12.0. The molecule has 3 nitrogen and oxygen atoms in total. The summed E-state index contributed by atoms with van der Waals surface area (Å²) in [7, 11) is 0. The number of rotatable bonds is 3. The van der Waals surface area contributed by atoms with Gasteiger partial charge in [0, 0.05) is 43.9 Å². The van der Waals surface area contributed by atoms with E-state index < -0.39 is 0 Å². The van der Waals surface area contributed by atoms with Crippen LogP contribution in [-0.2, 0) is 6.42 Å². The number of carbonyl (C=O) groups excluding carboxylic acids is 1. The molecule has 0 spiro atoms. The van der Waals surface area contributed by atoms with Gasteiger partial charge in [0.1, 0.15) is 0 Å². The summed E-state index contributed by atoms with van der Waals surface area (Å²) in [4.78, 5) is 17.0. The van der Waals surface area contributed by atoms with E-state index in [-0.39, 0.29) is 0 Å². The summed E-state index contributed by atoms with van der Waals surface area (Å²) in [5.74, 6) is 0.331. The quantitative estimate of drug-likeness (QED) is 0.845. The van der Waals surface area contributed by atoms with Gasteiger partial charge in [-0.25, -0.2) is 0 Å². The van der Waals surface area contributed by atoms with Crippen molar-refractivity contribution in [2.75, 3.05) is 37.6 Å². The Morgan fingerprint density at radius 1 is 1.10 bits per heavy atom. The number of ketones is 1. The van der Waals surface area contributed by atoms with Crippen molar-refractivity contribution >= 4 is 11.5 Å². The molecule has 0 amide bonds. The van der Waals surface area contributed by atoms with Gasteiger partial charge in [-0.15, -0.1) is 0 Å². The molecule has 3 heteroatoms. The zero-order valence-corrected chi connectivity index (χ0v) is 12.4. The molecular formula is C17H24N2O. The first-order chi connectivity index (χ1) is 9.78. The highest BCUT2D eigenvalue weighted by atomic mass is 16.1. The number of Topliss-reactive ketones (excluding diaryl/α,β-unsaturated/α-hetero) is 1. The maximum absolute atomic E-state index is 12.0. The number of fused-ring (bicyclic) bond motifs is 1. The van der Waals surface area contributed by atoms with Gasteiger partial charge in [0.2, 0.25) is 0 Å². The lowest BCUT2D eigenvalue weighted by molar-refractivity contribution is 0.0972. The highest BCUT2D eigenvalue weighted by Crippen LogP contribution is 2.26. The number of nitrogens with zero attached hydrogens (tertiary/aromatic N) is 2. The zero-order chi connectivity index (χ0) is 13.9. The molecule has 1 heterocycles. The first kappa shape index (κ1) is 13.6. The molecule has 0 unspecified atom stereocenters. The number of hydrogen-bond donors (Lipinski definition) is 0. The third-order valence-corrected chi connectivity index (χ3v) is 4.52. The Bertz CT molecular complexity index is 490. The van der Waals surface area contributed by atoms with E-state index in [1.165, 1.54) is 24.2 Å². The first-order valence-corrected chi connectivity index (χ1v) is 7.91. The molecule has 1 aliphatic heterocycles. The molecule has 0 bridgehead atoms. The second-order valence-corrected chi connectivity index (χ2v) is 5.95. The van der Waals surface area contributed by atoms with Gasteiger partial charge < -0.3 is 4.90 Å². The molecule has 1 saturated heterocycles. The standard InChI is InChI=1S/C17H24N2O/c1-2-8-18-9-11-19(12-10-18)15-7-6-14-4-3-5-17(20)16(14)13-15/h6-7,13H,2-5,8-12H2,1H3. The third kappa shape index (κ3) is 2.73. The van der Waals surface area contributed by atoms with Crippen LogP contribution in [0.1, 0.15) is 42.1 Å². The van der Waals surface area contributed by atoms with E-state index in [0.29, 0.717) is 5.78 Å². The summed E-state index contributed by atoms with van der Waals surface area (Å²) in [6.45, 7) is 7.87. The van der Waals surface area contributed by atoms with Crippen LogP contribution in [0.4, 0.5) is 5.69 Å². The summed E-state index contributed by atoms with van der Waals surface area (Å²) in [5.41, 5.74) is 3.45. The smallest absolute Gasteiger partial charge is 0.163 e. The van der Waals surface area contributed by atoms with Gasteiger partial charge in [0.25, 0.3) is 0 Å². The second kappa shape index (κ2) is 5.96. The van der Waals surface area contributed by atoms with Crippen LogP contribution >= 0.6 is 0 Å². The largest absolute Gasteiger partial charge is 0.369 e. The number of anilines is 1. The van der Waals surface area contributed by atoms with Gasteiger partial charge in [-0.2, -0.15) is 0 Å². The van der Waals surface area contributed by atoms with Crippen LogP contribution in [0.2, 0.25) is 0 Å². The number of aryl methyl sites for hydroxylation is 1. The van der Waals surface area contributed by atoms with Crippen LogP contribution in [-0.4, -0.2) is 43.4 Å². The van der Waals surface area contributed by atoms with Crippen molar-refractivity contribution in [2.45, 2.75) is 32.6 Å². The summed E-state index contributed by atoms with van der Waals surface area (Å²) in [6, 6.07) is 6.50. The van der Waals surface area contributed by atoms with Gasteiger partial charge in [-0.3, -0.25) is 9.69 Å². The molecule has 0 saturated carbocycles. The minimum absolute atomic E-state index is 0.331. The van der Waals surface area contributed by atoms with Crippen LogP contribution in [0.15, 0.2) is 18.2 Å². The Morgan fingerprint density at radius 3 is 2.65 bits per heavy atom. The highest BCUT2D eigenvalue weighted by Gasteiger charge is 2.21. The third-order valence-electron chi connectivity index (χ3n) is 4.52. The lowest BCUT2D eigenvalue weighted by Crippen LogP contribution is -2.46. The van der Waals surface area contributed by atoms with Gasteiger partial charge in [0.15, 0.2) is 5.78 Å². The molecule has 2 aliphatic rings. The molecule has 0 atom stereocenters. The zero-order valence-electron chi connectivity index (χ0n) is 12.4. The molecule has 0 N–H and O–H groups in total. The van der Waals surface area contributed by atoms with Crippen LogP contribution in [0.5, 0.6) is 0 Å². The van der Waals surface area contributed by atoms with Gasteiger partial charge in [0.05, 0.1) is 0 Å². The topological polar surface area (TPSA) is 23.6 Å². The van der Waals surface area contributed by atoms with Crippen LogP contribution in [0.25, 0.3) is 0 Å². The molecule has 20 heavy (non-hydrogen) atoms. The predicted octanol–water partition coefficient (Wildman–Crippen LogP) is 2.74. The Kier molecular flexibility index (Phi) is 4.06. The number of carbonyl (C=O) groups is 1. The fraction of sp³-hybridized carbons (Fsp3) is 0.588. The Labute approximate surface area is 121 Å². The fourth-order valence-corrected chi connectivity index (χ4v) is 3.36. The molecule has 1 fully saturated rings. The second-order valence-electron chi connectivity index (χ2n) is 5.95. The summed E-state index contributed by atoms with van der Waals surface area (Å²) < 4.78 is 0. The van der Waals surface area contributed by atoms with E-state index in [4.69, 9.17) is 0 Å². The summed E-state index contributed by atoms with van der Waals surface area (Å²) in [6.07, 6.45) is 4.03. The summed E-state index contributed by atoms with van der Waals surface area (Å²) >= 11 is 0. The average molecular weight is 272 g/mol. The minimum Gasteiger partial charge on any atom is -0.369 e. The van der Waals surface area contributed by atoms with Gasteiger partial charge in [-0.1, -0.05) is 13.0 Å². The maximum Gasteiger partial charge on any atom is 0.163 e. The van der Waals surface area contributed by atoms with E-state index >= 15 is 0 Å². The van der Waals surface area contributed by atoms with Crippen molar-refractivity contribution in [1.29, 1.82) is 0 Å². The SMILES string of the molecule is CCCN1CCN(c2ccc3c(c2)C(=O)CCC3)CC1. The molecule has 108 valence electrons. The number of benzene rings is 1. The van der Waals surface area contributed by atoms with Crippen LogP contribution < -0.4 is 4.90 Å².